The molecule has 4 nitrogen and oxygen atoms in total. The van der Waals surface area contributed by atoms with Crippen molar-refractivity contribution < 1.29 is 9.53 Å². The predicted octanol–water partition coefficient (Wildman–Crippen LogP) is 1.82. The Morgan fingerprint density at radius 2 is 1.90 bits per heavy atom. The Morgan fingerprint density at radius 3 is 2.52 bits per heavy atom. The lowest BCUT2D eigenvalue weighted by Crippen LogP contribution is -2.57. The van der Waals surface area contributed by atoms with E-state index >= 15 is 0 Å². The summed E-state index contributed by atoms with van der Waals surface area (Å²) in [7, 11) is 1.65. The molecule has 0 spiro atoms. The van der Waals surface area contributed by atoms with Crippen LogP contribution >= 0.6 is 0 Å². The summed E-state index contributed by atoms with van der Waals surface area (Å²) in [6, 6.07) is 10.8. The number of nitrogens with one attached hydrogen (secondary N) is 2. The Hall–Kier alpha value is -1.39. The molecule has 2 N–H and O–H groups in total. The SMILES string of the molecule is COC1(C(=O)NC2CC(c3ccccc3)C2)CCNCC1. The fourth-order valence-corrected chi connectivity index (χ4v) is 3.40. The van der Waals surface area contributed by atoms with Crippen LogP contribution in [-0.2, 0) is 9.53 Å². The highest BCUT2D eigenvalue weighted by Crippen LogP contribution is 2.37. The quantitative estimate of drug-likeness (QED) is 0.888. The van der Waals surface area contributed by atoms with Gasteiger partial charge in [0.25, 0.3) is 5.91 Å². The molecular weight excluding hydrogens is 264 g/mol. The van der Waals surface area contributed by atoms with Crippen molar-refractivity contribution in [1.29, 1.82) is 0 Å². The first-order valence-electron chi connectivity index (χ1n) is 7.85. The van der Waals surface area contributed by atoms with Gasteiger partial charge >= 0.3 is 0 Å². The molecule has 1 saturated carbocycles. The summed E-state index contributed by atoms with van der Waals surface area (Å²) < 4.78 is 5.57. The molecule has 1 aliphatic carbocycles. The summed E-state index contributed by atoms with van der Waals surface area (Å²) in [5, 5.41) is 6.46. The molecule has 4 heteroatoms. The Morgan fingerprint density at radius 1 is 1.24 bits per heavy atom. The maximum absolute atomic E-state index is 12.5. The number of hydrogen-bond acceptors (Lipinski definition) is 3. The van der Waals surface area contributed by atoms with E-state index in [0.29, 0.717) is 12.0 Å². The number of ether oxygens (including phenoxy) is 1. The molecule has 114 valence electrons. The van der Waals surface area contributed by atoms with E-state index in [1.165, 1.54) is 5.56 Å². The number of amides is 1. The molecule has 2 aliphatic rings. The summed E-state index contributed by atoms with van der Waals surface area (Å²) in [4.78, 5) is 12.5. The van der Waals surface area contributed by atoms with E-state index in [1.807, 2.05) is 6.07 Å². The lowest BCUT2D eigenvalue weighted by Gasteiger charge is -2.40. The van der Waals surface area contributed by atoms with Crippen molar-refractivity contribution in [3.8, 4) is 0 Å². The second-order valence-electron chi connectivity index (χ2n) is 6.20. The first kappa shape index (κ1) is 14.5. The molecule has 21 heavy (non-hydrogen) atoms. The average molecular weight is 288 g/mol. The van der Waals surface area contributed by atoms with Crippen LogP contribution in [0, 0.1) is 0 Å². The van der Waals surface area contributed by atoms with Crippen molar-refractivity contribution in [2.24, 2.45) is 0 Å². The molecular formula is C17H24N2O2. The number of carbonyl (C=O) groups excluding carboxylic acids is 1. The van der Waals surface area contributed by atoms with Gasteiger partial charge in [0.15, 0.2) is 0 Å². The molecule has 1 aromatic rings. The van der Waals surface area contributed by atoms with Crippen molar-refractivity contribution in [2.45, 2.75) is 43.2 Å². The van der Waals surface area contributed by atoms with Crippen molar-refractivity contribution in [2.75, 3.05) is 20.2 Å². The molecule has 1 aliphatic heterocycles. The zero-order valence-electron chi connectivity index (χ0n) is 12.6. The zero-order valence-corrected chi connectivity index (χ0v) is 12.6. The van der Waals surface area contributed by atoms with Crippen LogP contribution in [0.25, 0.3) is 0 Å². The standard InChI is InChI=1S/C17H24N2O2/c1-21-17(7-9-18-10-8-17)16(20)19-15-11-14(12-15)13-5-3-2-4-6-13/h2-6,14-15,18H,7-12H2,1H3,(H,19,20). The van der Waals surface area contributed by atoms with Gasteiger partial charge in [0, 0.05) is 13.2 Å². The van der Waals surface area contributed by atoms with Gasteiger partial charge in [-0.25, -0.2) is 0 Å². The van der Waals surface area contributed by atoms with Crippen molar-refractivity contribution >= 4 is 5.91 Å². The van der Waals surface area contributed by atoms with Gasteiger partial charge in [-0.2, -0.15) is 0 Å². The largest absolute Gasteiger partial charge is 0.368 e. The highest BCUT2D eigenvalue weighted by Gasteiger charge is 2.42. The van der Waals surface area contributed by atoms with Crippen LogP contribution in [0.2, 0.25) is 0 Å². The molecule has 1 aromatic carbocycles. The van der Waals surface area contributed by atoms with E-state index in [4.69, 9.17) is 4.74 Å². The number of carbonyl (C=O) groups is 1. The highest BCUT2D eigenvalue weighted by atomic mass is 16.5. The maximum Gasteiger partial charge on any atom is 0.252 e. The minimum Gasteiger partial charge on any atom is -0.368 e. The molecule has 1 heterocycles. The second-order valence-corrected chi connectivity index (χ2v) is 6.20. The molecule has 3 rings (SSSR count). The molecule has 0 unspecified atom stereocenters. The summed E-state index contributed by atoms with van der Waals surface area (Å²) in [6.45, 7) is 1.69. The van der Waals surface area contributed by atoms with Crippen LogP contribution in [0.3, 0.4) is 0 Å². The summed E-state index contributed by atoms with van der Waals surface area (Å²) in [6.07, 6.45) is 3.58. The van der Waals surface area contributed by atoms with Crippen molar-refractivity contribution in [3.05, 3.63) is 35.9 Å². The lowest BCUT2D eigenvalue weighted by atomic mass is 9.75. The van der Waals surface area contributed by atoms with Crippen molar-refractivity contribution in [1.82, 2.24) is 10.6 Å². The first-order chi connectivity index (χ1) is 10.2. The van der Waals surface area contributed by atoms with Gasteiger partial charge in [0.1, 0.15) is 5.60 Å². The Kier molecular flexibility index (Phi) is 4.27. The summed E-state index contributed by atoms with van der Waals surface area (Å²) in [5.74, 6) is 0.658. The van der Waals surface area contributed by atoms with Crippen LogP contribution < -0.4 is 10.6 Å². The number of rotatable bonds is 4. The minimum atomic E-state index is -0.622. The third kappa shape index (κ3) is 2.97. The van der Waals surface area contributed by atoms with Crippen LogP contribution in [0.4, 0.5) is 0 Å². The number of methoxy groups -OCH3 is 1. The molecule has 2 fully saturated rings. The molecule has 0 aromatic heterocycles. The Bertz CT molecular complexity index is 477. The van der Waals surface area contributed by atoms with Gasteiger partial charge in [-0.3, -0.25) is 4.79 Å². The second kappa shape index (κ2) is 6.16. The first-order valence-corrected chi connectivity index (χ1v) is 7.85. The normalized spacial score (nSPS) is 27.7. The van der Waals surface area contributed by atoms with Gasteiger partial charge in [0.2, 0.25) is 0 Å². The Labute approximate surface area is 126 Å². The average Bonchev–Trinajstić information content (AvgIpc) is 2.51. The van der Waals surface area contributed by atoms with Crippen LogP contribution in [0.5, 0.6) is 0 Å². The van der Waals surface area contributed by atoms with E-state index in [0.717, 1.165) is 38.8 Å². The van der Waals surface area contributed by atoms with Crippen molar-refractivity contribution in [3.63, 3.8) is 0 Å². The number of hydrogen-bond donors (Lipinski definition) is 2. The zero-order chi connectivity index (χ0) is 14.7. The third-order valence-electron chi connectivity index (χ3n) is 4.96. The van der Waals surface area contributed by atoms with E-state index in [9.17, 15) is 4.79 Å². The van der Waals surface area contributed by atoms with Gasteiger partial charge < -0.3 is 15.4 Å². The fourth-order valence-electron chi connectivity index (χ4n) is 3.40. The summed E-state index contributed by atoms with van der Waals surface area (Å²) in [5.41, 5.74) is 0.759. The van der Waals surface area contributed by atoms with Gasteiger partial charge in [-0.15, -0.1) is 0 Å². The topological polar surface area (TPSA) is 50.4 Å². The smallest absolute Gasteiger partial charge is 0.252 e. The lowest BCUT2D eigenvalue weighted by molar-refractivity contribution is -0.148. The number of piperidine rings is 1. The van der Waals surface area contributed by atoms with E-state index in [1.54, 1.807) is 7.11 Å². The van der Waals surface area contributed by atoms with Gasteiger partial charge in [0.05, 0.1) is 0 Å². The molecule has 1 saturated heterocycles. The van der Waals surface area contributed by atoms with E-state index in [2.05, 4.69) is 34.9 Å². The number of benzene rings is 1. The maximum atomic E-state index is 12.5. The van der Waals surface area contributed by atoms with Crippen LogP contribution in [0.1, 0.15) is 37.2 Å². The molecule has 0 radical (unpaired) electrons. The van der Waals surface area contributed by atoms with Gasteiger partial charge in [-0.1, -0.05) is 30.3 Å². The van der Waals surface area contributed by atoms with Crippen LogP contribution in [0.15, 0.2) is 30.3 Å². The van der Waals surface area contributed by atoms with Gasteiger partial charge in [-0.05, 0) is 50.3 Å². The molecule has 1 amide bonds. The molecule has 0 bridgehead atoms. The van der Waals surface area contributed by atoms with Crippen LogP contribution in [-0.4, -0.2) is 37.7 Å². The monoisotopic (exact) mass is 288 g/mol. The predicted molar refractivity (Wildman–Crippen MR) is 82.2 cm³/mol. The summed E-state index contributed by atoms with van der Waals surface area (Å²) >= 11 is 0. The highest BCUT2D eigenvalue weighted by molar-refractivity contribution is 5.85. The minimum absolute atomic E-state index is 0.0722. The fraction of sp³-hybridized carbons (Fsp3) is 0.588. The Balaban J connectivity index is 1.53. The third-order valence-corrected chi connectivity index (χ3v) is 4.96. The van der Waals surface area contributed by atoms with E-state index < -0.39 is 5.60 Å². The van der Waals surface area contributed by atoms with E-state index in [-0.39, 0.29) is 5.91 Å². The molecule has 0 atom stereocenters.